The second-order valence-corrected chi connectivity index (χ2v) is 8.56. The largest absolute Gasteiger partial charge is 0.493 e. The number of carbonyl (C=O) groups is 1. The molecule has 0 saturated heterocycles. The summed E-state index contributed by atoms with van der Waals surface area (Å²) >= 11 is 0. The lowest BCUT2D eigenvalue weighted by molar-refractivity contribution is 0.0512. The normalized spacial score (nSPS) is 11.1. The van der Waals surface area contributed by atoms with E-state index in [9.17, 15) is 4.79 Å². The van der Waals surface area contributed by atoms with Gasteiger partial charge in [0.25, 0.3) is 0 Å². The van der Waals surface area contributed by atoms with Crippen LogP contribution in [0.25, 0.3) is 21.7 Å². The summed E-state index contributed by atoms with van der Waals surface area (Å²) < 4.78 is 13.8. The lowest BCUT2D eigenvalue weighted by Crippen LogP contribution is -2.15. The molecule has 0 spiro atoms. The first kappa shape index (κ1) is 22.7. The van der Waals surface area contributed by atoms with E-state index >= 15 is 0 Å². The van der Waals surface area contributed by atoms with Crippen molar-refractivity contribution in [3.8, 4) is 5.75 Å². The van der Waals surface area contributed by atoms with Crippen LogP contribution in [0.2, 0.25) is 0 Å². The van der Waals surface area contributed by atoms with Crippen LogP contribution in [-0.4, -0.2) is 23.8 Å². The molecule has 0 saturated carbocycles. The number of carbonyl (C=O) groups excluding carboxylic acids is 1. The average Bonchev–Trinajstić information content (AvgIpc) is 3.20. The number of hydrogen-bond acceptors (Lipinski definition) is 3. The predicted octanol–water partition coefficient (Wildman–Crippen LogP) is 7.03. The molecule has 0 N–H and O–H groups in total. The van der Waals surface area contributed by atoms with Gasteiger partial charge in [0.1, 0.15) is 11.4 Å². The van der Waals surface area contributed by atoms with Gasteiger partial charge in [-0.3, -0.25) is 0 Å². The van der Waals surface area contributed by atoms with Gasteiger partial charge in [0.05, 0.1) is 13.2 Å². The third kappa shape index (κ3) is 4.78. The zero-order valence-electron chi connectivity index (χ0n) is 19.9. The zero-order chi connectivity index (χ0) is 24.0. The third-order valence-electron chi connectivity index (χ3n) is 6.30. The van der Waals surface area contributed by atoms with Crippen LogP contribution < -0.4 is 4.74 Å². The number of benzene rings is 4. The second-order valence-electron chi connectivity index (χ2n) is 8.56. The summed E-state index contributed by atoms with van der Waals surface area (Å²) in [6.07, 6.45) is 1.44. The Morgan fingerprint density at radius 1 is 0.800 bits per heavy atom. The highest BCUT2D eigenvalue weighted by Gasteiger charge is 2.23. The highest BCUT2D eigenvalue weighted by Crippen LogP contribution is 2.30. The Kier molecular flexibility index (Phi) is 6.80. The maximum Gasteiger partial charge on any atom is 0.355 e. The molecule has 0 radical (unpaired) electrons. The molecular weight excluding hydrogens is 434 g/mol. The highest BCUT2D eigenvalue weighted by molar-refractivity contribution is 5.99. The maximum atomic E-state index is 13.2. The molecule has 0 aliphatic heterocycles. The molecule has 4 heteroatoms. The summed E-state index contributed by atoms with van der Waals surface area (Å²) in [6, 6.07) is 32.8. The van der Waals surface area contributed by atoms with E-state index in [0.717, 1.165) is 39.4 Å². The standard InChI is InChI=1S/C31H29NO3/c1-2-34-31(33)30-27(22-23-12-4-3-5-13-23)26-17-8-9-18-28(26)32(30)20-11-21-35-29-19-10-15-24-14-6-7-16-25(24)29/h3-10,12-19H,2,11,20-22H2,1H3. The SMILES string of the molecule is CCOC(=O)c1c(Cc2ccccc2)c2ccccc2n1CCCOc1cccc2ccccc12. The fourth-order valence-corrected chi connectivity index (χ4v) is 4.75. The Labute approximate surface area is 205 Å². The number of nitrogens with zero attached hydrogens (tertiary/aromatic N) is 1. The Bertz CT molecular complexity index is 1450. The topological polar surface area (TPSA) is 40.5 Å². The van der Waals surface area contributed by atoms with Gasteiger partial charge < -0.3 is 14.0 Å². The van der Waals surface area contributed by atoms with Crippen LogP contribution in [0.4, 0.5) is 0 Å². The molecule has 0 unspecified atom stereocenters. The van der Waals surface area contributed by atoms with Crippen LogP contribution in [0, 0.1) is 0 Å². The Morgan fingerprint density at radius 3 is 2.34 bits per heavy atom. The molecule has 0 bridgehead atoms. The Hall–Kier alpha value is -4.05. The van der Waals surface area contributed by atoms with Crippen molar-refractivity contribution < 1.29 is 14.3 Å². The Morgan fingerprint density at radius 2 is 1.51 bits per heavy atom. The van der Waals surface area contributed by atoms with Crippen molar-refractivity contribution in [1.29, 1.82) is 0 Å². The summed E-state index contributed by atoms with van der Waals surface area (Å²) in [5.41, 5.74) is 3.87. The van der Waals surface area contributed by atoms with Crippen molar-refractivity contribution in [1.82, 2.24) is 4.57 Å². The zero-order valence-corrected chi connectivity index (χ0v) is 19.9. The number of para-hydroxylation sites is 1. The maximum absolute atomic E-state index is 13.2. The van der Waals surface area contributed by atoms with E-state index in [-0.39, 0.29) is 5.97 Å². The molecule has 35 heavy (non-hydrogen) atoms. The first-order valence-corrected chi connectivity index (χ1v) is 12.2. The lowest BCUT2D eigenvalue weighted by atomic mass is 10.0. The van der Waals surface area contributed by atoms with E-state index < -0.39 is 0 Å². The number of rotatable bonds is 9. The van der Waals surface area contributed by atoms with Gasteiger partial charge in [0, 0.05) is 29.3 Å². The minimum absolute atomic E-state index is 0.274. The Balaban J connectivity index is 1.43. The van der Waals surface area contributed by atoms with E-state index in [2.05, 4.69) is 47.0 Å². The molecule has 0 aliphatic rings. The molecule has 0 amide bonds. The molecule has 176 valence electrons. The lowest BCUT2D eigenvalue weighted by Gasteiger charge is -2.13. The van der Waals surface area contributed by atoms with Crippen LogP contribution in [0.5, 0.6) is 5.75 Å². The van der Waals surface area contributed by atoms with Crippen LogP contribution in [0.1, 0.15) is 35.0 Å². The van der Waals surface area contributed by atoms with Crippen LogP contribution >= 0.6 is 0 Å². The van der Waals surface area contributed by atoms with Gasteiger partial charge in [-0.1, -0.05) is 84.9 Å². The molecule has 5 rings (SSSR count). The van der Waals surface area contributed by atoms with E-state index in [0.29, 0.717) is 31.9 Å². The van der Waals surface area contributed by atoms with Crippen molar-refractivity contribution in [3.63, 3.8) is 0 Å². The molecule has 5 aromatic rings. The molecule has 1 aromatic heterocycles. The summed E-state index contributed by atoms with van der Waals surface area (Å²) in [4.78, 5) is 13.2. The second kappa shape index (κ2) is 10.5. The number of esters is 1. The van der Waals surface area contributed by atoms with Crippen molar-refractivity contribution >= 4 is 27.6 Å². The number of ether oxygens (including phenoxy) is 2. The molecular formula is C31H29NO3. The fourth-order valence-electron chi connectivity index (χ4n) is 4.75. The summed E-state index contributed by atoms with van der Waals surface area (Å²) in [5, 5.41) is 3.37. The van der Waals surface area contributed by atoms with Gasteiger partial charge >= 0.3 is 5.97 Å². The van der Waals surface area contributed by atoms with Crippen molar-refractivity contribution in [2.24, 2.45) is 0 Å². The minimum Gasteiger partial charge on any atom is -0.493 e. The van der Waals surface area contributed by atoms with Gasteiger partial charge in [-0.05, 0) is 42.0 Å². The van der Waals surface area contributed by atoms with Gasteiger partial charge in [0.2, 0.25) is 0 Å². The molecule has 1 heterocycles. The molecule has 4 aromatic carbocycles. The first-order valence-electron chi connectivity index (χ1n) is 12.2. The van der Waals surface area contributed by atoms with Gasteiger partial charge in [-0.15, -0.1) is 0 Å². The van der Waals surface area contributed by atoms with Crippen LogP contribution in [0.3, 0.4) is 0 Å². The summed E-state index contributed by atoms with van der Waals surface area (Å²) in [5.74, 6) is 0.612. The molecule has 0 atom stereocenters. The van der Waals surface area contributed by atoms with E-state index in [4.69, 9.17) is 9.47 Å². The third-order valence-corrected chi connectivity index (χ3v) is 6.30. The first-order chi connectivity index (χ1) is 17.3. The van der Waals surface area contributed by atoms with Gasteiger partial charge in [-0.2, -0.15) is 0 Å². The summed E-state index contributed by atoms with van der Waals surface area (Å²) in [7, 11) is 0. The number of fused-ring (bicyclic) bond motifs is 2. The van der Waals surface area contributed by atoms with Crippen molar-refractivity contribution in [2.45, 2.75) is 26.3 Å². The van der Waals surface area contributed by atoms with Gasteiger partial charge in [0.15, 0.2) is 0 Å². The quantitative estimate of drug-likeness (QED) is 0.174. The number of aromatic nitrogens is 1. The highest BCUT2D eigenvalue weighted by atomic mass is 16.5. The smallest absolute Gasteiger partial charge is 0.355 e. The van der Waals surface area contributed by atoms with Gasteiger partial charge in [-0.25, -0.2) is 4.79 Å². The molecule has 0 aliphatic carbocycles. The fraction of sp³-hybridized carbons (Fsp3) is 0.194. The van der Waals surface area contributed by atoms with E-state index in [1.807, 2.05) is 61.5 Å². The van der Waals surface area contributed by atoms with Crippen molar-refractivity contribution in [2.75, 3.05) is 13.2 Å². The van der Waals surface area contributed by atoms with Crippen LogP contribution in [-0.2, 0) is 17.7 Å². The minimum atomic E-state index is -0.274. The number of hydrogen-bond donors (Lipinski definition) is 0. The predicted molar refractivity (Wildman–Crippen MR) is 141 cm³/mol. The molecule has 0 fully saturated rings. The van der Waals surface area contributed by atoms with Crippen molar-refractivity contribution in [3.05, 3.63) is 114 Å². The van der Waals surface area contributed by atoms with Crippen LogP contribution in [0.15, 0.2) is 97.1 Å². The van der Waals surface area contributed by atoms with E-state index in [1.54, 1.807) is 0 Å². The average molecular weight is 464 g/mol. The number of aryl methyl sites for hydroxylation is 1. The monoisotopic (exact) mass is 463 g/mol. The molecule has 4 nitrogen and oxygen atoms in total. The summed E-state index contributed by atoms with van der Waals surface area (Å²) in [6.45, 7) is 3.40. The van der Waals surface area contributed by atoms with E-state index in [1.165, 1.54) is 5.56 Å².